The van der Waals surface area contributed by atoms with Crippen LogP contribution in [0.5, 0.6) is 0 Å². The molecule has 0 amide bonds. The number of nitrogens with one attached hydrogen (secondary N) is 1. The summed E-state index contributed by atoms with van der Waals surface area (Å²) in [6.07, 6.45) is 9.26. The van der Waals surface area contributed by atoms with Gasteiger partial charge in [0.05, 0.1) is 42.2 Å². The molecule has 0 aliphatic carbocycles. The van der Waals surface area contributed by atoms with E-state index in [-0.39, 0.29) is 58.3 Å². The molecule has 0 aliphatic heterocycles. The Hall–Kier alpha value is -11.6. The average Bonchev–Trinajstić information content (AvgIpc) is 1.67. The third kappa shape index (κ3) is 35.2. The van der Waals surface area contributed by atoms with E-state index in [9.17, 15) is 78.6 Å². The van der Waals surface area contributed by atoms with E-state index >= 15 is 0 Å². The summed E-state index contributed by atoms with van der Waals surface area (Å²) in [5, 5.41) is 37.2. The van der Waals surface area contributed by atoms with E-state index in [0.717, 1.165) is 46.4 Å². The number of ether oxygens (including phenoxy) is 1. The molecule has 7 aromatic heterocycles. The van der Waals surface area contributed by atoms with Crippen molar-refractivity contribution in [2.45, 2.75) is 36.9 Å². The number of nitrogens with two attached hydrogens (primary N) is 1. The molecule has 7 heterocycles. The van der Waals surface area contributed by atoms with Crippen LogP contribution in [0.1, 0.15) is 78.1 Å². The van der Waals surface area contributed by atoms with Crippen LogP contribution in [0.25, 0.3) is 57.3 Å². The highest BCUT2D eigenvalue weighted by atomic mass is 79.9. The SMILES string of the molecule is COC(=O)/C(=C/c1cccnc1)c1ccc(Br)cc1.Cl.FC(F)(F)c1onc(-c2cccnc2)c1-c1ccc(Br)cc1.NO.O=C(/C(=C/c1cccnc1)c1ccc(Br)cc1)C(F)(F)F.O=C(C(c1ccc(Br)cc1)C(NO)c1cccnc1)C(F)(F)F.O=C(O)/C(=C/c1cccnc1)c1ccc(Br)cc1.O=C(O)Cc1ccc(Br)cc1.O=Cc1cccnc1. The van der Waals surface area contributed by atoms with Gasteiger partial charge in [-0.1, -0.05) is 198 Å². The summed E-state index contributed by atoms with van der Waals surface area (Å²) < 4.78 is 131. The van der Waals surface area contributed by atoms with Crippen LogP contribution < -0.4 is 11.4 Å². The minimum absolute atomic E-state index is 0. The van der Waals surface area contributed by atoms with Crippen molar-refractivity contribution in [2.75, 3.05) is 7.11 Å². The zero-order valence-electron chi connectivity index (χ0n) is 64.2. The van der Waals surface area contributed by atoms with Crippen molar-refractivity contribution >= 4 is 179 Å². The number of aliphatic carboxylic acids is 2. The highest BCUT2D eigenvalue weighted by Crippen LogP contribution is 2.43. The van der Waals surface area contributed by atoms with Crippen molar-refractivity contribution in [2.24, 2.45) is 5.90 Å². The molecule has 6 aromatic carbocycles. The van der Waals surface area contributed by atoms with Crippen molar-refractivity contribution in [3.63, 3.8) is 0 Å². The number of carbonyl (C=O) groups is 6. The van der Waals surface area contributed by atoms with E-state index in [1.54, 1.807) is 146 Å². The maximum atomic E-state index is 13.2. The molecule has 0 aliphatic rings. The Kier molecular flexibility index (Phi) is 44.0. The topological polar surface area (TPSA) is 334 Å². The normalized spacial score (nSPS) is 11.5. The van der Waals surface area contributed by atoms with Gasteiger partial charge in [-0.3, -0.25) is 49.1 Å². The van der Waals surface area contributed by atoms with Crippen LogP contribution in [-0.4, -0.2) is 111 Å². The fourth-order valence-electron chi connectivity index (χ4n) is 10.4. The van der Waals surface area contributed by atoms with Gasteiger partial charge < -0.3 is 29.9 Å². The largest absolute Gasteiger partial charge is 0.481 e. The number of ketones is 2. The summed E-state index contributed by atoms with van der Waals surface area (Å²) in [5.41, 5.74) is 8.54. The van der Waals surface area contributed by atoms with Gasteiger partial charge in [0.15, 0.2) is 6.29 Å². The minimum atomic E-state index is -5.03. The van der Waals surface area contributed by atoms with Gasteiger partial charge in [-0.2, -0.15) is 45.0 Å². The fraction of sp³-hybridized carbons (Fsp3) is 0.0795. The van der Waals surface area contributed by atoms with Crippen LogP contribution in [0.3, 0.4) is 0 Å². The number of methoxy groups -OCH3 is 1. The van der Waals surface area contributed by atoms with Crippen LogP contribution in [0.2, 0.25) is 0 Å². The Morgan fingerprint density at radius 3 is 1.17 bits per heavy atom. The molecular formula is C88H67Br6ClF9N9O12. The van der Waals surface area contributed by atoms with Crippen LogP contribution in [-0.2, 0) is 41.3 Å². The third-order valence-corrected chi connectivity index (χ3v) is 19.2. The molecule has 0 bridgehead atoms. The van der Waals surface area contributed by atoms with Crippen LogP contribution in [0.4, 0.5) is 39.5 Å². The number of benzene rings is 6. The van der Waals surface area contributed by atoms with Gasteiger partial charge in [-0.05, 0) is 195 Å². The van der Waals surface area contributed by atoms with Crippen molar-refractivity contribution < 1.29 is 98.2 Å². The Bertz CT molecular complexity index is 5630. The highest BCUT2D eigenvalue weighted by Gasteiger charge is 2.48. The van der Waals surface area contributed by atoms with Crippen molar-refractivity contribution in [1.29, 1.82) is 0 Å². The zero-order chi connectivity index (χ0) is 90.9. The molecule has 0 radical (unpaired) electrons. The molecule has 0 spiro atoms. The summed E-state index contributed by atoms with van der Waals surface area (Å²) in [6.45, 7) is 0. The number of Topliss-reactive ketones (excluding diaryl/α,β-unsaturated/α-hetero) is 2. The van der Waals surface area contributed by atoms with Gasteiger partial charge in [-0.25, -0.2) is 15.5 Å². The number of esters is 1. The molecular weight excluding hydrogens is 2060 g/mol. The predicted octanol–water partition coefficient (Wildman–Crippen LogP) is 23.2. The Balaban J connectivity index is 0.000000262. The molecule has 0 saturated heterocycles. The summed E-state index contributed by atoms with van der Waals surface area (Å²) in [7, 11) is 1.37. The Morgan fingerprint density at radius 2 is 0.824 bits per heavy atom. The lowest BCUT2D eigenvalue weighted by atomic mass is 9.84. The number of aldehydes is 1. The van der Waals surface area contributed by atoms with Crippen LogP contribution in [0, 0.1) is 0 Å². The second kappa shape index (κ2) is 52.9. The molecule has 0 fully saturated rings. The van der Waals surface area contributed by atoms with Gasteiger partial charge in [-0.15, -0.1) is 12.4 Å². The number of carboxylic acids is 2. The van der Waals surface area contributed by atoms with Gasteiger partial charge in [0, 0.05) is 118 Å². The molecule has 2 unspecified atom stereocenters. The average molecular weight is 2130 g/mol. The van der Waals surface area contributed by atoms with E-state index in [0.29, 0.717) is 42.3 Å². The molecule has 648 valence electrons. The number of pyridine rings is 6. The smallest absolute Gasteiger partial charge is 0.454 e. The number of carbonyl (C=O) groups excluding carboxylic acids is 4. The van der Waals surface area contributed by atoms with Gasteiger partial charge >= 0.3 is 36.4 Å². The first-order chi connectivity index (χ1) is 59.2. The molecule has 37 heteroatoms. The maximum Gasteiger partial charge on any atom is 0.454 e. The minimum Gasteiger partial charge on any atom is -0.481 e. The number of carboxylic acid groups (broad SMARTS) is 2. The first-order valence-electron chi connectivity index (χ1n) is 35.2. The number of halogens is 16. The highest BCUT2D eigenvalue weighted by molar-refractivity contribution is 9.11. The standard InChI is InChI=1S/C15H12BrF3N2O2.C15H8BrF3N2O.C15H9BrF3NO.C15H12BrNO2.C14H10BrNO2.C8H7BrO2.C6H5NO.ClH.H3NO/c16-11-5-3-9(4-6-11)12(14(22)15(17,18)19)13(21-23)10-2-1-7-20-8-10;16-11-5-3-9(4-6-11)12-13(10-2-1-7-20-8-10)21-22-14(12)15(17,18)19;16-12-5-3-11(4-6-12)13(14(21)15(17,18)19)8-10-2-1-7-20-9-10;1-19-15(18)14(9-11-3-2-8-17-10-11)12-4-6-13(16)7-5-12;15-12-5-3-11(4-6-12)13(14(17)18)8-10-2-1-7-16-9-10;9-7-3-1-6(2-4-7)5-8(10)11;8-5-6-2-1-3-7-4-6;;1-2/h1-8,12-13,21,23H;1-8H;1-9H;2-10H,1H3;1-9H,(H,17,18);1-4H,5H2,(H,10,11);1-5H;1H;2H,1H2/b;;13-8+;14-9+;13-8+;;;;. The van der Waals surface area contributed by atoms with E-state index in [1.807, 2.05) is 72.2 Å². The van der Waals surface area contributed by atoms with E-state index in [4.69, 9.17) is 15.1 Å². The zero-order valence-corrected chi connectivity index (χ0v) is 74.6. The summed E-state index contributed by atoms with van der Waals surface area (Å²) >= 11 is 19.6. The summed E-state index contributed by atoms with van der Waals surface area (Å²) in [6, 6.07) is 59.2. The van der Waals surface area contributed by atoms with Gasteiger partial charge in [0.1, 0.15) is 5.69 Å². The number of hydrogen-bond donors (Lipinski definition) is 6. The second-order valence-corrected chi connectivity index (χ2v) is 30.0. The number of alkyl halides is 9. The van der Waals surface area contributed by atoms with E-state index < -0.39 is 65.3 Å². The van der Waals surface area contributed by atoms with Crippen molar-refractivity contribution in [3.05, 3.63) is 381 Å². The lowest BCUT2D eigenvalue weighted by Crippen LogP contribution is -2.37. The van der Waals surface area contributed by atoms with Crippen molar-refractivity contribution in [3.8, 4) is 22.4 Å². The fourth-order valence-corrected chi connectivity index (χ4v) is 12.0. The molecule has 21 nitrogen and oxygen atoms in total. The van der Waals surface area contributed by atoms with E-state index in [2.05, 4.69) is 141 Å². The number of rotatable bonds is 19. The maximum absolute atomic E-state index is 13.2. The lowest BCUT2D eigenvalue weighted by Gasteiger charge is -2.26. The Morgan fingerprint density at radius 1 is 0.456 bits per heavy atom. The first kappa shape index (κ1) is 104. The quantitative estimate of drug-likeness (QED) is 0.0144. The molecule has 13 aromatic rings. The molecule has 125 heavy (non-hydrogen) atoms. The number of hydroxylamine groups is 1. The van der Waals surface area contributed by atoms with Gasteiger partial charge in [0.25, 0.3) is 5.78 Å². The number of nitrogens with zero attached hydrogens (tertiary/aromatic N) is 7. The third-order valence-electron chi connectivity index (χ3n) is 16.0. The first-order valence-corrected chi connectivity index (χ1v) is 40.0. The molecule has 0 saturated carbocycles. The predicted molar refractivity (Wildman–Crippen MR) is 476 cm³/mol. The second-order valence-electron chi connectivity index (χ2n) is 24.5. The van der Waals surface area contributed by atoms with Gasteiger partial charge in [0.2, 0.25) is 11.5 Å². The summed E-state index contributed by atoms with van der Waals surface area (Å²) in [4.78, 5) is 90.2. The molecule has 7 N–H and O–H groups in total. The number of allylic oxidation sites excluding steroid dienone is 1. The number of aromatic nitrogens is 7. The molecule has 2 atom stereocenters. The monoisotopic (exact) mass is 2120 g/mol. The summed E-state index contributed by atoms with van der Waals surface area (Å²) in [5.74, 6) is -5.21. The number of hydrogen-bond acceptors (Lipinski definition) is 19. The lowest BCUT2D eigenvalue weighted by molar-refractivity contribution is -0.174. The van der Waals surface area contributed by atoms with Crippen LogP contribution in [0.15, 0.2) is 324 Å². The molecule has 13 rings (SSSR count). The van der Waals surface area contributed by atoms with Crippen molar-refractivity contribution in [1.82, 2.24) is 40.5 Å². The van der Waals surface area contributed by atoms with E-state index in [1.165, 1.54) is 105 Å². The Labute approximate surface area is 764 Å². The van der Waals surface area contributed by atoms with Crippen LogP contribution >= 0.6 is 108 Å².